The molecule has 1 saturated heterocycles. The second kappa shape index (κ2) is 6.63. The van der Waals surface area contributed by atoms with Gasteiger partial charge in [-0.25, -0.2) is 0 Å². The Morgan fingerprint density at radius 3 is 3.05 bits per heavy atom. The minimum absolute atomic E-state index is 0.0753. The number of amides is 1. The van der Waals surface area contributed by atoms with Crippen molar-refractivity contribution in [2.45, 2.75) is 25.0 Å². The van der Waals surface area contributed by atoms with E-state index in [9.17, 15) is 4.79 Å². The van der Waals surface area contributed by atoms with E-state index in [1.54, 1.807) is 13.3 Å². The van der Waals surface area contributed by atoms with Gasteiger partial charge in [-0.15, -0.1) is 0 Å². The largest absolute Gasteiger partial charge is 0.380 e. The zero-order valence-electron chi connectivity index (χ0n) is 11.5. The average molecular weight is 263 g/mol. The Morgan fingerprint density at radius 2 is 2.42 bits per heavy atom. The van der Waals surface area contributed by atoms with Crippen LogP contribution in [0.25, 0.3) is 0 Å². The second-order valence-electron chi connectivity index (χ2n) is 4.91. The molecule has 0 aromatic carbocycles. The molecule has 1 aromatic rings. The predicted molar refractivity (Wildman–Crippen MR) is 72.8 cm³/mol. The van der Waals surface area contributed by atoms with Crippen LogP contribution in [0.5, 0.6) is 0 Å². The maximum Gasteiger partial charge on any atom is 0.237 e. The van der Waals surface area contributed by atoms with Gasteiger partial charge in [0.15, 0.2) is 0 Å². The molecule has 1 fully saturated rings. The number of hydrogen-bond acceptors (Lipinski definition) is 4. The number of carbonyl (C=O) groups excluding carboxylic acids is 1. The molecule has 0 radical (unpaired) electrons. The number of hydrogen-bond donors (Lipinski definition) is 1. The Kier molecular flexibility index (Phi) is 4.87. The highest BCUT2D eigenvalue weighted by Crippen LogP contribution is 2.17. The molecule has 1 amide bonds. The van der Waals surface area contributed by atoms with E-state index in [1.165, 1.54) is 0 Å². The van der Waals surface area contributed by atoms with Crippen molar-refractivity contribution in [2.24, 2.45) is 0 Å². The number of ether oxygens (including phenoxy) is 1. The van der Waals surface area contributed by atoms with Crippen LogP contribution in [0, 0.1) is 0 Å². The van der Waals surface area contributed by atoms with E-state index in [-0.39, 0.29) is 18.1 Å². The number of aromatic nitrogens is 1. The second-order valence-corrected chi connectivity index (χ2v) is 4.91. The summed E-state index contributed by atoms with van der Waals surface area (Å²) in [4.78, 5) is 18.4. The van der Waals surface area contributed by atoms with Gasteiger partial charge < -0.3 is 10.1 Å². The maximum atomic E-state index is 12.1. The molecule has 2 heterocycles. The number of methoxy groups -OCH3 is 1. The van der Waals surface area contributed by atoms with E-state index in [4.69, 9.17) is 4.74 Å². The molecule has 0 spiro atoms. The zero-order chi connectivity index (χ0) is 13.7. The lowest BCUT2D eigenvalue weighted by molar-refractivity contribution is -0.125. The molecule has 1 aliphatic rings. The molecule has 2 rings (SSSR count). The molecule has 0 saturated carbocycles. The topological polar surface area (TPSA) is 54.5 Å². The molecule has 19 heavy (non-hydrogen) atoms. The van der Waals surface area contributed by atoms with Crippen molar-refractivity contribution in [3.63, 3.8) is 0 Å². The summed E-state index contributed by atoms with van der Waals surface area (Å²) in [6, 6.07) is 5.74. The molecular weight excluding hydrogens is 242 g/mol. The first-order chi connectivity index (χ1) is 9.20. The van der Waals surface area contributed by atoms with Gasteiger partial charge in [0.1, 0.15) is 0 Å². The standard InChI is InChI=1S/C14H21N3O2/c1-17-10-12(19-2)9-13(17)14(18)16-8-6-11-5-3-4-7-15-11/h3-5,7,12-13H,6,8-10H2,1-2H3,(H,16,18)/t12-,13-/m0/s1. The van der Waals surface area contributed by atoms with Crippen LogP contribution in [0.1, 0.15) is 12.1 Å². The Morgan fingerprint density at radius 1 is 1.58 bits per heavy atom. The summed E-state index contributed by atoms with van der Waals surface area (Å²) >= 11 is 0. The van der Waals surface area contributed by atoms with Crippen LogP contribution in [0.4, 0.5) is 0 Å². The number of likely N-dealkylation sites (tertiary alicyclic amines) is 1. The fourth-order valence-corrected chi connectivity index (χ4v) is 2.41. The summed E-state index contributed by atoms with van der Waals surface area (Å²) in [6.45, 7) is 1.44. The number of nitrogens with one attached hydrogen (secondary N) is 1. The highest BCUT2D eigenvalue weighted by Gasteiger charge is 2.34. The van der Waals surface area contributed by atoms with Crippen molar-refractivity contribution in [1.82, 2.24) is 15.2 Å². The van der Waals surface area contributed by atoms with Crippen molar-refractivity contribution in [3.05, 3.63) is 30.1 Å². The van der Waals surface area contributed by atoms with Gasteiger partial charge in [-0.3, -0.25) is 14.7 Å². The Labute approximate surface area is 114 Å². The van der Waals surface area contributed by atoms with Crippen molar-refractivity contribution >= 4 is 5.91 Å². The predicted octanol–water partition coefficient (Wildman–Crippen LogP) is 0.459. The van der Waals surface area contributed by atoms with Gasteiger partial charge in [0, 0.05) is 38.5 Å². The smallest absolute Gasteiger partial charge is 0.237 e. The number of nitrogens with zero attached hydrogens (tertiary/aromatic N) is 2. The summed E-state index contributed by atoms with van der Waals surface area (Å²) in [5, 5.41) is 2.97. The normalized spacial score (nSPS) is 23.5. The highest BCUT2D eigenvalue weighted by molar-refractivity contribution is 5.82. The summed E-state index contributed by atoms with van der Waals surface area (Å²) < 4.78 is 5.30. The van der Waals surface area contributed by atoms with Gasteiger partial charge in [-0.1, -0.05) is 6.07 Å². The van der Waals surface area contributed by atoms with E-state index in [0.717, 1.165) is 25.1 Å². The number of likely N-dealkylation sites (N-methyl/N-ethyl adjacent to an activating group) is 1. The molecule has 5 nitrogen and oxygen atoms in total. The maximum absolute atomic E-state index is 12.1. The Hall–Kier alpha value is -1.46. The van der Waals surface area contributed by atoms with Crippen molar-refractivity contribution < 1.29 is 9.53 Å². The van der Waals surface area contributed by atoms with E-state index in [2.05, 4.69) is 10.3 Å². The van der Waals surface area contributed by atoms with Gasteiger partial charge in [-0.2, -0.15) is 0 Å². The monoisotopic (exact) mass is 263 g/mol. The molecule has 1 aromatic heterocycles. The Balaban J connectivity index is 1.76. The first-order valence-electron chi connectivity index (χ1n) is 6.61. The first kappa shape index (κ1) is 14.0. The van der Waals surface area contributed by atoms with E-state index in [1.807, 2.05) is 30.1 Å². The van der Waals surface area contributed by atoms with Gasteiger partial charge in [0.05, 0.1) is 12.1 Å². The lowest BCUT2D eigenvalue weighted by atomic mass is 10.2. The molecule has 0 aliphatic carbocycles. The number of pyridine rings is 1. The summed E-state index contributed by atoms with van der Waals surface area (Å²) in [6.07, 6.45) is 3.46. The molecule has 0 unspecified atom stereocenters. The average Bonchev–Trinajstić information content (AvgIpc) is 2.81. The molecule has 2 atom stereocenters. The summed E-state index contributed by atoms with van der Waals surface area (Å²) in [5.74, 6) is 0.0815. The van der Waals surface area contributed by atoms with Crippen LogP contribution in [0.15, 0.2) is 24.4 Å². The molecule has 1 aliphatic heterocycles. The van der Waals surface area contributed by atoms with Crippen LogP contribution in [-0.4, -0.2) is 55.2 Å². The van der Waals surface area contributed by atoms with E-state index in [0.29, 0.717) is 6.54 Å². The lowest BCUT2D eigenvalue weighted by Crippen LogP contribution is -2.42. The fourth-order valence-electron chi connectivity index (χ4n) is 2.41. The quantitative estimate of drug-likeness (QED) is 0.838. The number of carbonyl (C=O) groups is 1. The van der Waals surface area contributed by atoms with Gasteiger partial charge in [0.25, 0.3) is 0 Å². The molecule has 5 heteroatoms. The van der Waals surface area contributed by atoms with Crippen molar-refractivity contribution in [2.75, 3.05) is 27.2 Å². The molecule has 104 valence electrons. The highest BCUT2D eigenvalue weighted by atomic mass is 16.5. The van der Waals surface area contributed by atoms with Gasteiger partial charge in [0.2, 0.25) is 5.91 Å². The molecule has 0 bridgehead atoms. The van der Waals surface area contributed by atoms with E-state index >= 15 is 0 Å². The third-order valence-electron chi connectivity index (χ3n) is 3.55. The Bertz CT molecular complexity index is 410. The summed E-state index contributed by atoms with van der Waals surface area (Å²) in [7, 11) is 3.65. The van der Waals surface area contributed by atoms with Crippen molar-refractivity contribution in [1.29, 1.82) is 0 Å². The lowest BCUT2D eigenvalue weighted by Gasteiger charge is -2.18. The molecule has 1 N–H and O–H groups in total. The SMILES string of the molecule is CO[C@H]1C[C@@H](C(=O)NCCc2ccccn2)N(C)C1. The van der Waals surface area contributed by atoms with Crippen LogP contribution in [0.2, 0.25) is 0 Å². The van der Waals surface area contributed by atoms with Gasteiger partial charge >= 0.3 is 0 Å². The fraction of sp³-hybridized carbons (Fsp3) is 0.571. The van der Waals surface area contributed by atoms with Crippen LogP contribution < -0.4 is 5.32 Å². The van der Waals surface area contributed by atoms with E-state index < -0.39 is 0 Å². The zero-order valence-corrected chi connectivity index (χ0v) is 11.5. The number of rotatable bonds is 5. The van der Waals surface area contributed by atoms with Crippen LogP contribution in [0.3, 0.4) is 0 Å². The minimum atomic E-state index is -0.0753. The van der Waals surface area contributed by atoms with Crippen LogP contribution >= 0.6 is 0 Å². The summed E-state index contributed by atoms with van der Waals surface area (Å²) in [5.41, 5.74) is 0.998. The third-order valence-corrected chi connectivity index (χ3v) is 3.55. The molecular formula is C14H21N3O2. The first-order valence-corrected chi connectivity index (χ1v) is 6.61. The van der Waals surface area contributed by atoms with Gasteiger partial charge in [-0.05, 0) is 25.6 Å². The minimum Gasteiger partial charge on any atom is -0.380 e. The van der Waals surface area contributed by atoms with Crippen molar-refractivity contribution in [3.8, 4) is 0 Å². The third kappa shape index (κ3) is 3.75. The van der Waals surface area contributed by atoms with Crippen LogP contribution in [-0.2, 0) is 16.0 Å².